The van der Waals surface area contributed by atoms with E-state index in [-0.39, 0.29) is 11.5 Å². The van der Waals surface area contributed by atoms with Crippen molar-refractivity contribution < 1.29 is 4.74 Å². The fraction of sp³-hybridized carbons (Fsp3) is 0.727. The number of nitrogens with zero attached hydrogens (tertiary/aromatic N) is 2. The molecule has 0 aromatic carbocycles. The number of nitrogens with one attached hydrogen (secondary N) is 1. The third-order valence-electron chi connectivity index (χ3n) is 3.52. The summed E-state index contributed by atoms with van der Waals surface area (Å²) in [5.74, 6) is 5.71. The quantitative estimate of drug-likeness (QED) is 0.619. The molecule has 1 unspecified atom stereocenters. The molecule has 1 atom stereocenters. The second-order valence-electron chi connectivity index (χ2n) is 4.85. The molecular formula is C11H19BrN4O. The van der Waals surface area contributed by atoms with E-state index in [4.69, 9.17) is 10.6 Å². The van der Waals surface area contributed by atoms with Crippen LogP contribution >= 0.6 is 15.9 Å². The standard InChI is InChI=1S/C11H19BrN4O/c1-11(3-4-11)10(15-13)9-8(12)7-14-16(9)5-6-17-2/h7,10,15H,3-6,13H2,1-2H3. The molecule has 96 valence electrons. The van der Waals surface area contributed by atoms with Crippen LogP contribution in [0.2, 0.25) is 0 Å². The first-order chi connectivity index (χ1) is 8.12. The molecule has 6 heteroatoms. The highest BCUT2D eigenvalue weighted by Crippen LogP contribution is 2.54. The third kappa shape index (κ3) is 2.54. The minimum absolute atomic E-state index is 0.135. The Hall–Kier alpha value is -0.430. The lowest BCUT2D eigenvalue weighted by molar-refractivity contribution is 0.180. The van der Waals surface area contributed by atoms with Crippen LogP contribution in [0.25, 0.3) is 0 Å². The lowest BCUT2D eigenvalue weighted by Crippen LogP contribution is -2.35. The lowest BCUT2D eigenvalue weighted by Gasteiger charge is -2.24. The van der Waals surface area contributed by atoms with E-state index >= 15 is 0 Å². The fourth-order valence-corrected chi connectivity index (χ4v) is 2.64. The van der Waals surface area contributed by atoms with E-state index in [1.165, 1.54) is 12.8 Å². The van der Waals surface area contributed by atoms with Crippen molar-refractivity contribution in [2.75, 3.05) is 13.7 Å². The summed E-state index contributed by atoms with van der Waals surface area (Å²) in [7, 11) is 1.69. The van der Waals surface area contributed by atoms with Gasteiger partial charge in [-0.1, -0.05) is 6.92 Å². The molecule has 1 saturated carbocycles. The number of hydrogen-bond donors (Lipinski definition) is 2. The van der Waals surface area contributed by atoms with Gasteiger partial charge < -0.3 is 4.74 Å². The first-order valence-electron chi connectivity index (χ1n) is 5.78. The van der Waals surface area contributed by atoms with Crippen LogP contribution in [-0.2, 0) is 11.3 Å². The highest BCUT2D eigenvalue weighted by molar-refractivity contribution is 9.10. The van der Waals surface area contributed by atoms with Crippen LogP contribution in [-0.4, -0.2) is 23.5 Å². The van der Waals surface area contributed by atoms with Gasteiger partial charge in [-0.25, -0.2) is 0 Å². The number of hydrazine groups is 1. The molecule has 0 amide bonds. The Labute approximate surface area is 110 Å². The van der Waals surface area contributed by atoms with Crippen molar-refractivity contribution in [3.8, 4) is 0 Å². The first-order valence-corrected chi connectivity index (χ1v) is 6.58. The van der Waals surface area contributed by atoms with E-state index in [1.54, 1.807) is 7.11 Å². The Bertz CT molecular complexity index is 389. The van der Waals surface area contributed by atoms with Crippen molar-refractivity contribution >= 4 is 15.9 Å². The van der Waals surface area contributed by atoms with E-state index in [2.05, 4.69) is 33.4 Å². The zero-order valence-electron chi connectivity index (χ0n) is 10.2. The molecule has 17 heavy (non-hydrogen) atoms. The summed E-state index contributed by atoms with van der Waals surface area (Å²) < 4.78 is 8.06. The highest BCUT2D eigenvalue weighted by Gasteiger charge is 2.47. The summed E-state index contributed by atoms with van der Waals surface area (Å²) >= 11 is 3.55. The topological polar surface area (TPSA) is 65.1 Å². The van der Waals surface area contributed by atoms with Crippen molar-refractivity contribution in [1.82, 2.24) is 15.2 Å². The molecule has 1 fully saturated rings. The predicted molar refractivity (Wildman–Crippen MR) is 69.2 cm³/mol. The molecule has 0 aliphatic heterocycles. The number of hydrogen-bond acceptors (Lipinski definition) is 4. The van der Waals surface area contributed by atoms with Gasteiger partial charge in [0.2, 0.25) is 0 Å². The molecule has 1 aromatic heterocycles. The molecule has 1 aliphatic rings. The zero-order valence-corrected chi connectivity index (χ0v) is 11.8. The summed E-state index contributed by atoms with van der Waals surface area (Å²) in [5, 5.41) is 4.36. The first kappa shape index (κ1) is 13.0. The van der Waals surface area contributed by atoms with E-state index in [1.807, 2.05) is 10.9 Å². The number of nitrogens with two attached hydrogens (primary N) is 1. The summed E-state index contributed by atoms with van der Waals surface area (Å²) in [6, 6.07) is 0.135. The van der Waals surface area contributed by atoms with E-state index in [0.29, 0.717) is 6.61 Å². The van der Waals surface area contributed by atoms with E-state index in [0.717, 1.165) is 16.7 Å². The van der Waals surface area contributed by atoms with Gasteiger partial charge in [-0.15, -0.1) is 0 Å². The van der Waals surface area contributed by atoms with Gasteiger partial charge >= 0.3 is 0 Å². The summed E-state index contributed by atoms with van der Waals surface area (Å²) in [4.78, 5) is 0. The van der Waals surface area contributed by atoms with Crippen LogP contribution in [0.15, 0.2) is 10.7 Å². The van der Waals surface area contributed by atoms with Gasteiger partial charge in [-0.05, 0) is 34.2 Å². The SMILES string of the molecule is COCCn1ncc(Br)c1C(NN)C1(C)CC1. The Morgan fingerprint density at radius 2 is 2.41 bits per heavy atom. The Balaban J connectivity index is 2.25. The van der Waals surface area contributed by atoms with Crippen molar-refractivity contribution in [1.29, 1.82) is 0 Å². The molecule has 1 heterocycles. The van der Waals surface area contributed by atoms with Crippen LogP contribution in [0.4, 0.5) is 0 Å². The monoisotopic (exact) mass is 302 g/mol. The van der Waals surface area contributed by atoms with Crippen molar-refractivity contribution in [2.45, 2.75) is 32.4 Å². The maximum Gasteiger partial charge on any atom is 0.0715 e. The molecular weight excluding hydrogens is 284 g/mol. The molecule has 1 aromatic rings. The predicted octanol–water partition coefficient (Wildman–Crippen LogP) is 1.60. The Morgan fingerprint density at radius 1 is 1.71 bits per heavy atom. The smallest absolute Gasteiger partial charge is 0.0715 e. The number of rotatable bonds is 6. The minimum atomic E-state index is 0.135. The molecule has 0 radical (unpaired) electrons. The van der Waals surface area contributed by atoms with Crippen LogP contribution in [0.1, 0.15) is 31.5 Å². The third-order valence-corrected chi connectivity index (χ3v) is 4.13. The maximum atomic E-state index is 5.71. The molecule has 0 spiro atoms. The molecule has 2 rings (SSSR count). The normalized spacial score (nSPS) is 19.3. The molecule has 1 aliphatic carbocycles. The summed E-state index contributed by atoms with van der Waals surface area (Å²) in [5.41, 5.74) is 4.30. The van der Waals surface area contributed by atoms with E-state index in [9.17, 15) is 0 Å². The van der Waals surface area contributed by atoms with Gasteiger partial charge in [-0.3, -0.25) is 16.0 Å². The van der Waals surface area contributed by atoms with Crippen LogP contribution < -0.4 is 11.3 Å². The van der Waals surface area contributed by atoms with Gasteiger partial charge in [0, 0.05) is 7.11 Å². The van der Waals surface area contributed by atoms with Gasteiger partial charge in [0.15, 0.2) is 0 Å². The fourth-order valence-electron chi connectivity index (χ4n) is 2.11. The van der Waals surface area contributed by atoms with Crippen molar-refractivity contribution in [2.24, 2.45) is 11.3 Å². The summed E-state index contributed by atoms with van der Waals surface area (Å²) in [6.45, 7) is 3.64. The van der Waals surface area contributed by atoms with Crippen LogP contribution in [0.3, 0.4) is 0 Å². The van der Waals surface area contributed by atoms with Crippen molar-refractivity contribution in [3.63, 3.8) is 0 Å². The van der Waals surface area contributed by atoms with Crippen LogP contribution in [0, 0.1) is 5.41 Å². The largest absolute Gasteiger partial charge is 0.383 e. The summed E-state index contributed by atoms with van der Waals surface area (Å²) in [6.07, 6.45) is 4.22. The second-order valence-corrected chi connectivity index (χ2v) is 5.70. The van der Waals surface area contributed by atoms with Crippen LogP contribution in [0.5, 0.6) is 0 Å². The van der Waals surface area contributed by atoms with Gasteiger partial charge in [0.1, 0.15) is 0 Å². The molecule has 3 N–H and O–H groups in total. The highest BCUT2D eigenvalue weighted by atomic mass is 79.9. The zero-order chi connectivity index (χ0) is 12.5. The number of aromatic nitrogens is 2. The van der Waals surface area contributed by atoms with E-state index < -0.39 is 0 Å². The average molecular weight is 303 g/mol. The number of methoxy groups -OCH3 is 1. The number of ether oxygens (including phenoxy) is 1. The van der Waals surface area contributed by atoms with Gasteiger partial charge in [0.25, 0.3) is 0 Å². The second kappa shape index (κ2) is 5.06. The Kier molecular flexibility index (Phi) is 3.87. The Morgan fingerprint density at radius 3 is 2.94 bits per heavy atom. The maximum absolute atomic E-state index is 5.71. The van der Waals surface area contributed by atoms with Gasteiger partial charge in [0.05, 0.1) is 35.6 Å². The molecule has 0 bridgehead atoms. The minimum Gasteiger partial charge on any atom is -0.383 e. The molecule has 0 saturated heterocycles. The molecule has 5 nitrogen and oxygen atoms in total. The van der Waals surface area contributed by atoms with Crippen molar-refractivity contribution in [3.05, 3.63) is 16.4 Å². The number of halogens is 1. The lowest BCUT2D eigenvalue weighted by atomic mass is 9.96. The average Bonchev–Trinajstić information content (AvgIpc) is 2.95. The van der Waals surface area contributed by atoms with Gasteiger partial charge in [-0.2, -0.15) is 5.10 Å².